The highest BCUT2D eigenvalue weighted by atomic mass is 32.2. The second-order valence-electron chi connectivity index (χ2n) is 15.0. The number of nitrogens with zero attached hydrogens (tertiary/aromatic N) is 1. The molecular weight excluding hydrogens is 747 g/mol. The molecule has 0 spiro atoms. The van der Waals surface area contributed by atoms with Gasteiger partial charge in [-0.2, -0.15) is 0 Å². The number of rotatable bonds is 23. The first-order valence-corrected chi connectivity index (χ1v) is 22.2. The third kappa shape index (κ3) is 12.0. The molecule has 308 valence electrons. The average Bonchev–Trinajstić information content (AvgIpc) is 3.42. The van der Waals surface area contributed by atoms with Gasteiger partial charge in [0.15, 0.2) is 11.5 Å². The molecule has 1 unspecified atom stereocenters. The van der Waals surface area contributed by atoms with E-state index in [1.807, 2.05) is 31.2 Å². The van der Waals surface area contributed by atoms with E-state index in [1.54, 1.807) is 30.3 Å². The van der Waals surface area contributed by atoms with Crippen molar-refractivity contribution in [3.63, 3.8) is 0 Å². The zero-order valence-corrected chi connectivity index (χ0v) is 34.2. The van der Waals surface area contributed by atoms with Crippen molar-refractivity contribution >= 4 is 50.5 Å². The molecule has 4 amide bonds. The number of unbranched alkanes of at least 4 members (excludes halogenated alkanes) is 9. The first-order valence-electron chi connectivity index (χ1n) is 20.1. The number of hydrogen-bond donors (Lipinski definition) is 4. The van der Waals surface area contributed by atoms with Crippen LogP contribution >= 0.6 is 0 Å². The van der Waals surface area contributed by atoms with Crippen LogP contribution in [0.4, 0.5) is 17.1 Å². The Labute approximate surface area is 336 Å². The molecule has 1 saturated heterocycles. The molecule has 14 heteroatoms. The molecule has 0 saturated carbocycles. The fraction of sp³-hybridized carbons (Fsp3) is 0.488. The highest BCUT2D eigenvalue weighted by Crippen LogP contribution is 2.39. The molecule has 3 aromatic rings. The number of imide groups is 2. The SMILES string of the molecule is CCOc1cc([C@@H](CS(C)(=O)=O)N2C(=O)c3cc(CCCCCCCCCCCCNc4cccc(NC5CCC(=O)NC5=O)c4)cc(N)c3C2=O)ccc1OC. The van der Waals surface area contributed by atoms with Crippen LogP contribution in [-0.2, 0) is 25.8 Å². The summed E-state index contributed by atoms with van der Waals surface area (Å²) in [5.41, 5.74) is 10.1. The fourth-order valence-corrected chi connectivity index (χ4v) is 8.45. The molecule has 0 bridgehead atoms. The molecule has 0 aromatic heterocycles. The van der Waals surface area contributed by atoms with Crippen molar-refractivity contribution in [2.24, 2.45) is 0 Å². The summed E-state index contributed by atoms with van der Waals surface area (Å²) in [5.74, 6) is -1.28. The van der Waals surface area contributed by atoms with E-state index in [0.717, 1.165) is 79.6 Å². The normalized spacial score (nSPS) is 16.0. The number of piperidine rings is 1. The van der Waals surface area contributed by atoms with Crippen LogP contribution in [0, 0.1) is 0 Å². The van der Waals surface area contributed by atoms with Gasteiger partial charge >= 0.3 is 0 Å². The molecule has 5 rings (SSSR count). The van der Waals surface area contributed by atoms with Gasteiger partial charge in [-0.1, -0.05) is 63.5 Å². The first kappa shape index (κ1) is 43.0. The molecule has 2 atom stereocenters. The summed E-state index contributed by atoms with van der Waals surface area (Å²) >= 11 is 0. The maximum Gasteiger partial charge on any atom is 0.264 e. The second-order valence-corrected chi connectivity index (χ2v) is 17.2. The number of methoxy groups -OCH3 is 1. The van der Waals surface area contributed by atoms with E-state index >= 15 is 0 Å². The van der Waals surface area contributed by atoms with E-state index in [2.05, 4.69) is 16.0 Å². The molecular formula is C43H57N5O8S. The standard InChI is InChI=1S/C43H57N5O8S/c1-4-56-38-26-30(19-21-37(38)55-2)36(28-57(3,53)54)48-42(51)33-24-29(25-34(44)40(33)43(48)52)16-13-11-9-7-5-6-8-10-12-14-23-45-31-17-15-18-32(27-31)46-35-20-22-39(49)47-41(35)50/h15,17-19,21,24-27,35-36,45-46H,4-14,16,20,22-23,28,44H2,1-3H3,(H,47,49,50)/t35?,36-/m1/s1. The molecule has 2 aliphatic rings. The summed E-state index contributed by atoms with van der Waals surface area (Å²) in [7, 11) is -2.12. The zero-order chi connectivity index (χ0) is 41.0. The Balaban J connectivity index is 0.999. The Bertz CT molecular complexity index is 2020. The van der Waals surface area contributed by atoms with E-state index in [1.165, 1.54) is 32.8 Å². The number of fused-ring (bicyclic) bond motifs is 1. The Morgan fingerprint density at radius 2 is 1.54 bits per heavy atom. The smallest absolute Gasteiger partial charge is 0.264 e. The molecule has 2 heterocycles. The lowest BCUT2D eigenvalue weighted by atomic mass is 9.99. The number of hydrogen-bond acceptors (Lipinski definition) is 11. The number of sulfone groups is 1. The fourth-order valence-electron chi connectivity index (χ4n) is 7.53. The topological polar surface area (TPSA) is 186 Å². The highest BCUT2D eigenvalue weighted by molar-refractivity contribution is 7.90. The van der Waals surface area contributed by atoms with Crippen molar-refractivity contribution in [1.82, 2.24) is 10.2 Å². The minimum absolute atomic E-state index is 0.114. The number of aryl methyl sites for hydroxylation is 1. The maximum atomic E-state index is 13.8. The van der Waals surface area contributed by atoms with Gasteiger partial charge in [-0.15, -0.1) is 0 Å². The van der Waals surface area contributed by atoms with Crippen LogP contribution in [0.1, 0.15) is 122 Å². The number of nitrogen functional groups attached to an aromatic ring is 1. The number of nitrogens with two attached hydrogens (primary N) is 1. The summed E-state index contributed by atoms with van der Waals surface area (Å²) in [6, 6.07) is 14.8. The predicted octanol–water partition coefficient (Wildman–Crippen LogP) is 6.83. The van der Waals surface area contributed by atoms with Gasteiger partial charge in [-0.3, -0.25) is 29.4 Å². The zero-order valence-electron chi connectivity index (χ0n) is 33.4. The molecule has 5 N–H and O–H groups in total. The molecule has 0 aliphatic carbocycles. The molecule has 1 fully saturated rings. The van der Waals surface area contributed by atoms with Crippen molar-refractivity contribution in [2.75, 3.05) is 48.6 Å². The number of anilines is 3. The largest absolute Gasteiger partial charge is 0.493 e. The summed E-state index contributed by atoms with van der Waals surface area (Å²) in [6.45, 7) is 3.04. The second kappa shape index (κ2) is 20.4. The summed E-state index contributed by atoms with van der Waals surface area (Å²) in [6.07, 6.45) is 13.9. The Morgan fingerprint density at radius 1 is 0.860 bits per heavy atom. The van der Waals surface area contributed by atoms with Crippen LogP contribution in [0.25, 0.3) is 0 Å². The van der Waals surface area contributed by atoms with Gasteiger partial charge in [0.05, 0.1) is 36.6 Å². The van der Waals surface area contributed by atoms with Gasteiger partial charge in [0.25, 0.3) is 11.8 Å². The number of carbonyl (C=O) groups excluding carboxylic acids is 4. The molecule has 57 heavy (non-hydrogen) atoms. The minimum atomic E-state index is -3.62. The van der Waals surface area contributed by atoms with Crippen LogP contribution in [0.15, 0.2) is 54.6 Å². The Kier molecular flexibility index (Phi) is 15.4. The lowest BCUT2D eigenvalue weighted by molar-refractivity contribution is -0.133. The third-order valence-corrected chi connectivity index (χ3v) is 11.3. The van der Waals surface area contributed by atoms with Gasteiger partial charge in [-0.25, -0.2) is 8.42 Å². The van der Waals surface area contributed by atoms with E-state index in [9.17, 15) is 27.6 Å². The van der Waals surface area contributed by atoms with Gasteiger partial charge in [0.1, 0.15) is 15.9 Å². The molecule has 0 radical (unpaired) electrons. The predicted molar refractivity (Wildman–Crippen MR) is 223 cm³/mol. The van der Waals surface area contributed by atoms with Crippen molar-refractivity contribution in [1.29, 1.82) is 0 Å². The average molecular weight is 804 g/mol. The van der Waals surface area contributed by atoms with E-state index in [4.69, 9.17) is 15.2 Å². The van der Waals surface area contributed by atoms with Crippen LogP contribution in [0.2, 0.25) is 0 Å². The van der Waals surface area contributed by atoms with E-state index < -0.39 is 39.5 Å². The monoisotopic (exact) mass is 803 g/mol. The van der Waals surface area contributed by atoms with Gasteiger partial charge in [0.2, 0.25) is 11.8 Å². The maximum absolute atomic E-state index is 13.8. The van der Waals surface area contributed by atoms with Crippen LogP contribution in [0.3, 0.4) is 0 Å². The van der Waals surface area contributed by atoms with Crippen LogP contribution in [0.5, 0.6) is 11.5 Å². The van der Waals surface area contributed by atoms with Crippen molar-refractivity contribution < 1.29 is 37.1 Å². The van der Waals surface area contributed by atoms with Crippen molar-refractivity contribution in [3.05, 3.63) is 76.9 Å². The third-order valence-electron chi connectivity index (χ3n) is 10.4. The number of benzene rings is 3. The lowest BCUT2D eigenvalue weighted by Crippen LogP contribution is -2.47. The van der Waals surface area contributed by atoms with Gasteiger partial charge in [-0.05, 0) is 86.2 Å². The molecule has 13 nitrogen and oxygen atoms in total. The quantitative estimate of drug-likeness (QED) is 0.0447. The summed E-state index contributed by atoms with van der Waals surface area (Å²) in [5, 5.41) is 9.07. The number of carbonyl (C=O) groups is 4. The number of ether oxygens (including phenoxy) is 2. The van der Waals surface area contributed by atoms with Crippen molar-refractivity contribution in [2.45, 2.75) is 102 Å². The minimum Gasteiger partial charge on any atom is -0.493 e. The first-order chi connectivity index (χ1) is 27.4. The summed E-state index contributed by atoms with van der Waals surface area (Å²) in [4.78, 5) is 52.0. The van der Waals surface area contributed by atoms with Crippen LogP contribution < -0.4 is 31.2 Å². The van der Waals surface area contributed by atoms with Crippen molar-refractivity contribution in [3.8, 4) is 11.5 Å². The number of amides is 4. The molecule has 2 aliphatic heterocycles. The van der Waals surface area contributed by atoms with Gasteiger partial charge in [0, 0.05) is 36.3 Å². The Hall–Kier alpha value is -5.11. The lowest BCUT2D eigenvalue weighted by Gasteiger charge is -2.26. The molecule has 3 aromatic carbocycles. The summed E-state index contributed by atoms with van der Waals surface area (Å²) < 4.78 is 36.2. The van der Waals surface area contributed by atoms with E-state index in [-0.39, 0.29) is 28.6 Å². The Morgan fingerprint density at radius 3 is 2.21 bits per heavy atom. The van der Waals surface area contributed by atoms with Crippen LogP contribution in [-0.4, -0.2) is 75.3 Å². The highest BCUT2D eigenvalue weighted by Gasteiger charge is 2.43. The number of nitrogens with one attached hydrogen (secondary N) is 3. The van der Waals surface area contributed by atoms with Gasteiger partial charge < -0.3 is 25.8 Å². The van der Waals surface area contributed by atoms with E-state index in [0.29, 0.717) is 36.5 Å².